The minimum absolute atomic E-state index is 0.258. The zero-order chi connectivity index (χ0) is 32.3. The third-order valence-electron chi connectivity index (χ3n) is 6.77. The quantitative estimate of drug-likeness (QED) is 0.162. The molecule has 0 unspecified atom stereocenters. The Balaban J connectivity index is 1.43. The van der Waals surface area contributed by atoms with Gasteiger partial charge < -0.3 is 31.1 Å². The molecule has 0 radical (unpaired) electrons. The summed E-state index contributed by atoms with van der Waals surface area (Å²) in [5.41, 5.74) is 2.72. The van der Waals surface area contributed by atoms with Gasteiger partial charge >= 0.3 is 0 Å². The summed E-state index contributed by atoms with van der Waals surface area (Å²) in [5, 5.41) is 21.0. The van der Waals surface area contributed by atoms with E-state index < -0.39 is 11.9 Å². The van der Waals surface area contributed by atoms with Gasteiger partial charge in [-0.1, -0.05) is 19.1 Å². The van der Waals surface area contributed by atoms with Crippen LogP contribution in [0.15, 0.2) is 73.1 Å². The maximum atomic E-state index is 13.3. The van der Waals surface area contributed by atoms with Crippen LogP contribution in [-0.4, -0.2) is 88.0 Å². The van der Waals surface area contributed by atoms with Crippen LogP contribution in [0.5, 0.6) is 0 Å². The molecule has 2 aromatic carbocycles. The lowest BCUT2D eigenvalue weighted by Gasteiger charge is -2.23. The standard InChI is InChI=1S/C32H38N10O3/c1-6-15-33-29-26(20-34-32(39-29)38-25-12-13-27-22(18-25)14-16-35-40-27)31(45)37-24-10-7-9-23(19-24)36-30(44)21(2)42(5)28(43)11-8-17-41(3)4/h7-14,16,18-21H,6,15,17H2,1-5H3,(H,36,44)(H,37,45)(H2,33,34,38,39)/b11-8+/t21-/m0/s1. The maximum Gasteiger partial charge on any atom is 0.260 e. The summed E-state index contributed by atoms with van der Waals surface area (Å²) in [6.07, 6.45) is 7.11. The molecule has 0 aliphatic heterocycles. The topological polar surface area (TPSA) is 157 Å². The van der Waals surface area contributed by atoms with Crippen molar-refractivity contribution in [2.75, 3.05) is 55.5 Å². The van der Waals surface area contributed by atoms with E-state index in [0.717, 1.165) is 23.0 Å². The third-order valence-corrected chi connectivity index (χ3v) is 6.77. The largest absolute Gasteiger partial charge is 0.369 e. The number of anilines is 5. The summed E-state index contributed by atoms with van der Waals surface area (Å²) in [6, 6.07) is 13.5. The van der Waals surface area contributed by atoms with Crippen molar-refractivity contribution in [1.29, 1.82) is 0 Å². The molecule has 4 aromatic rings. The number of nitrogens with zero attached hydrogens (tertiary/aromatic N) is 6. The average Bonchev–Trinajstić information content (AvgIpc) is 3.03. The van der Waals surface area contributed by atoms with E-state index in [1.54, 1.807) is 50.5 Å². The van der Waals surface area contributed by atoms with Crippen LogP contribution < -0.4 is 21.3 Å². The molecule has 13 heteroatoms. The molecule has 13 nitrogen and oxygen atoms in total. The Morgan fingerprint density at radius 1 is 0.978 bits per heavy atom. The first-order chi connectivity index (χ1) is 21.6. The molecule has 3 amide bonds. The van der Waals surface area contributed by atoms with E-state index in [4.69, 9.17) is 0 Å². The zero-order valence-electron chi connectivity index (χ0n) is 26.0. The van der Waals surface area contributed by atoms with Gasteiger partial charge in [-0.25, -0.2) is 4.98 Å². The Labute approximate surface area is 262 Å². The van der Waals surface area contributed by atoms with Gasteiger partial charge in [0.25, 0.3) is 5.91 Å². The van der Waals surface area contributed by atoms with Crippen LogP contribution in [0.2, 0.25) is 0 Å². The molecule has 0 spiro atoms. The second kappa shape index (κ2) is 15.3. The highest BCUT2D eigenvalue weighted by Crippen LogP contribution is 2.23. The first kappa shape index (κ1) is 32.5. The number of carbonyl (C=O) groups excluding carboxylic acids is 3. The van der Waals surface area contributed by atoms with Crippen molar-refractivity contribution in [2.24, 2.45) is 0 Å². The smallest absolute Gasteiger partial charge is 0.260 e. The summed E-state index contributed by atoms with van der Waals surface area (Å²) in [5.74, 6) is -0.358. The summed E-state index contributed by atoms with van der Waals surface area (Å²) in [7, 11) is 5.38. The lowest BCUT2D eigenvalue weighted by Crippen LogP contribution is -2.42. The molecule has 234 valence electrons. The number of benzene rings is 2. The lowest BCUT2D eigenvalue weighted by atomic mass is 10.2. The van der Waals surface area contributed by atoms with Gasteiger partial charge in [0, 0.05) is 54.9 Å². The van der Waals surface area contributed by atoms with Crippen molar-refractivity contribution in [3.05, 3.63) is 78.6 Å². The van der Waals surface area contributed by atoms with Gasteiger partial charge in [0.2, 0.25) is 17.8 Å². The van der Waals surface area contributed by atoms with Gasteiger partial charge in [0.05, 0.1) is 11.7 Å². The average molecular weight is 611 g/mol. The molecule has 0 aliphatic rings. The predicted molar refractivity (Wildman–Crippen MR) is 177 cm³/mol. The monoisotopic (exact) mass is 610 g/mol. The number of fused-ring (bicyclic) bond motifs is 1. The van der Waals surface area contributed by atoms with Crippen molar-refractivity contribution in [3.63, 3.8) is 0 Å². The van der Waals surface area contributed by atoms with Gasteiger partial charge in [-0.2, -0.15) is 15.2 Å². The van der Waals surface area contributed by atoms with Crippen molar-refractivity contribution in [3.8, 4) is 0 Å². The molecule has 1 atom stereocenters. The number of nitrogens with one attached hydrogen (secondary N) is 4. The summed E-state index contributed by atoms with van der Waals surface area (Å²) < 4.78 is 0. The Kier molecular flexibility index (Phi) is 11.1. The van der Waals surface area contributed by atoms with Crippen molar-refractivity contribution in [2.45, 2.75) is 26.3 Å². The molecule has 2 heterocycles. The van der Waals surface area contributed by atoms with Gasteiger partial charge in [0.15, 0.2) is 0 Å². The second-order valence-corrected chi connectivity index (χ2v) is 10.6. The molecular formula is C32H38N10O3. The highest BCUT2D eigenvalue weighted by Gasteiger charge is 2.21. The Morgan fingerprint density at radius 3 is 2.51 bits per heavy atom. The van der Waals surface area contributed by atoms with Crippen LogP contribution in [-0.2, 0) is 9.59 Å². The van der Waals surface area contributed by atoms with Crippen molar-refractivity contribution < 1.29 is 14.4 Å². The number of carbonyl (C=O) groups is 3. The Morgan fingerprint density at radius 2 is 1.76 bits per heavy atom. The number of aromatic nitrogens is 4. The summed E-state index contributed by atoms with van der Waals surface area (Å²) in [6.45, 7) is 4.88. The highest BCUT2D eigenvalue weighted by atomic mass is 16.2. The van der Waals surface area contributed by atoms with Crippen LogP contribution in [0.4, 0.5) is 28.8 Å². The SMILES string of the molecule is CCCNc1nc(Nc2ccc3nnccc3c2)ncc1C(=O)Nc1cccc(NC(=O)[C@H](C)N(C)C(=O)/C=C/CN(C)C)c1. The lowest BCUT2D eigenvalue weighted by molar-refractivity contribution is -0.132. The minimum Gasteiger partial charge on any atom is -0.369 e. The van der Waals surface area contributed by atoms with Crippen molar-refractivity contribution in [1.82, 2.24) is 30.0 Å². The molecule has 4 rings (SSSR count). The normalized spacial score (nSPS) is 11.8. The summed E-state index contributed by atoms with van der Waals surface area (Å²) in [4.78, 5) is 50.9. The molecule has 0 aliphatic carbocycles. The molecule has 45 heavy (non-hydrogen) atoms. The Hall–Kier alpha value is -5.43. The number of hydrogen-bond acceptors (Lipinski definition) is 10. The fourth-order valence-corrected chi connectivity index (χ4v) is 4.15. The van der Waals surface area contributed by atoms with E-state index >= 15 is 0 Å². The molecular weight excluding hydrogens is 572 g/mol. The number of amides is 3. The van der Waals surface area contributed by atoms with E-state index in [1.165, 1.54) is 17.2 Å². The van der Waals surface area contributed by atoms with Gasteiger partial charge in [-0.05, 0) is 69.9 Å². The Bertz CT molecular complexity index is 1690. The molecule has 0 fully saturated rings. The van der Waals surface area contributed by atoms with E-state index in [-0.39, 0.29) is 17.4 Å². The minimum atomic E-state index is -0.723. The first-order valence-corrected chi connectivity index (χ1v) is 14.5. The van der Waals surface area contributed by atoms with Crippen LogP contribution in [0, 0.1) is 0 Å². The molecule has 2 aromatic heterocycles. The highest BCUT2D eigenvalue weighted by molar-refractivity contribution is 6.08. The fraction of sp³-hybridized carbons (Fsp3) is 0.281. The molecule has 0 bridgehead atoms. The number of rotatable bonds is 13. The second-order valence-electron chi connectivity index (χ2n) is 10.6. The predicted octanol–water partition coefficient (Wildman–Crippen LogP) is 4.14. The third kappa shape index (κ3) is 9.03. The van der Waals surface area contributed by atoms with Gasteiger partial charge in [0.1, 0.15) is 17.4 Å². The van der Waals surface area contributed by atoms with E-state index in [2.05, 4.69) is 41.4 Å². The number of hydrogen-bond donors (Lipinski definition) is 4. The van der Waals surface area contributed by atoms with E-state index in [9.17, 15) is 14.4 Å². The van der Waals surface area contributed by atoms with Crippen LogP contribution in [0.1, 0.15) is 30.6 Å². The van der Waals surface area contributed by atoms with E-state index in [1.807, 2.05) is 50.2 Å². The maximum absolute atomic E-state index is 13.3. The molecule has 4 N–H and O–H groups in total. The summed E-state index contributed by atoms with van der Waals surface area (Å²) >= 11 is 0. The van der Waals surface area contributed by atoms with Crippen molar-refractivity contribution >= 4 is 57.5 Å². The fourth-order valence-electron chi connectivity index (χ4n) is 4.15. The number of likely N-dealkylation sites (N-methyl/N-ethyl adjacent to an activating group) is 2. The van der Waals surface area contributed by atoms with Gasteiger partial charge in [-0.3, -0.25) is 14.4 Å². The van der Waals surface area contributed by atoms with Crippen LogP contribution >= 0.6 is 0 Å². The van der Waals surface area contributed by atoms with Gasteiger partial charge in [-0.15, -0.1) is 0 Å². The van der Waals surface area contributed by atoms with Crippen LogP contribution in [0.3, 0.4) is 0 Å². The van der Waals surface area contributed by atoms with Crippen LogP contribution in [0.25, 0.3) is 10.9 Å². The molecule has 0 saturated carbocycles. The first-order valence-electron chi connectivity index (χ1n) is 14.5. The zero-order valence-corrected chi connectivity index (χ0v) is 26.0. The van der Waals surface area contributed by atoms with E-state index in [0.29, 0.717) is 36.2 Å². The molecule has 0 saturated heterocycles.